The Morgan fingerprint density at radius 2 is 1.71 bits per heavy atom. The minimum absolute atomic E-state index is 0.174. The molecule has 0 fully saturated rings. The largest absolute Gasteiger partial charge is 0.573 e. The third kappa shape index (κ3) is 5.23. The van der Waals surface area contributed by atoms with Crippen LogP contribution >= 0.6 is 11.8 Å². The van der Waals surface area contributed by atoms with Crippen molar-refractivity contribution in [1.29, 1.82) is 0 Å². The van der Waals surface area contributed by atoms with Crippen molar-refractivity contribution in [2.75, 3.05) is 6.26 Å². The molecular weight excluding hydrogens is 301 g/mol. The molecule has 0 bridgehead atoms. The van der Waals surface area contributed by atoms with Crippen LogP contribution in [0.1, 0.15) is 5.56 Å². The van der Waals surface area contributed by atoms with E-state index in [2.05, 4.69) is 4.74 Å². The fraction of sp³-hybridized carbons (Fsp3) is 0.200. The van der Waals surface area contributed by atoms with Crippen LogP contribution in [0.2, 0.25) is 0 Å². The molecule has 2 aromatic rings. The summed E-state index contributed by atoms with van der Waals surface area (Å²) in [5.74, 6) is 0.413. The van der Waals surface area contributed by atoms with Gasteiger partial charge in [-0.3, -0.25) is 0 Å². The van der Waals surface area contributed by atoms with Crippen LogP contribution in [0.25, 0.3) is 0 Å². The molecule has 0 spiro atoms. The van der Waals surface area contributed by atoms with Crippen LogP contribution in [-0.4, -0.2) is 12.6 Å². The van der Waals surface area contributed by atoms with Crippen molar-refractivity contribution in [2.24, 2.45) is 0 Å². The average molecular weight is 314 g/mol. The zero-order chi connectivity index (χ0) is 15.3. The lowest BCUT2D eigenvalue weighted by Crippen LogP contribution is -2.17. The van der Waals surface area contributed by atoms with Gasteiger partial charge >= 0.3 is 6.36 Å². The van der Waals surface area contributed by atoms with E-state index in [1.54, 1.807) is 17.8 Å². The van der Waals surface area contributed by atoms with Crippen LogP contribution in [0.5, 0.6) is 11.5 Å². The van der Waals surface area contributed by atoms with Gasteiger partial charge in [0, 0.05) is 4.90 Å². The van der Waals surface area contributed by atoms with Gasteiger partial charge in [0.2, 0.25) is 0 Å². The van der Waals surface area contributed by atoms with Gasteiger partial charge < -0.3 is 9.47 Å². The number of ether oxygens (including phenoxy) is 2. The fourth-order valence-corrected chi connectivity index (χ4v) is 2.08. The van der Waals surface area contributed by atoms with Crippen molar-refractivity contribution in [1.82, 2.24) is 0 Å². The number of hydrogen-bond acceptors (Lipinski definition) is 3. The van der Waals surface area contributed by atoms with Gasteiger partial charge in [-0.1, -0.05) is 12.1 Å². The Labute approximate surface area is 124 Å². The van der Waals surface area contributed by atoms with Gasteiger partial charge in [-0.05, 0) is 48.2 Å². The summed E-state index contributed by atoms with van der Waals surface area (Å²) in [4.78, 5) is 1.11. The summed E-state index contributed by atoms with van der Waals surface area (Å²) in [6.07, 6.45) is -2.71. The highest BCUT2D eigenvalue weighted by Gasteiger charge is 2.31. The molecule has 6 heteroatoms. The third-order valence-corrected chi connectivity index (χ3v) is 3.34. The SMILES string of the molecule is CSc1ccc(OCc2cccc(OC(F)(F)F)c2)cc1. The summed E-state index contributed by atoms with van der Waals surface area (Å²) >= 11 is 1.62. The Balaban J connectivity index is 1.97. The smallest absolute Gasteiger partial charge is 0.489 e. The normalized spacial score (nSPS) is 11.2. The Morgan fingerprint density at radius 1 is 1.00 bits per heavy atom. The van der Waals surface area contributed by atoms with Gasteiger partial charge in [0.1, 0.15) is 18.1 Å². The second kappa shape index (κ2) is 6.76. The van der Waals surface area contributed by atoms with E-state index in [-0.39, 0.29) is 12.4 Å². The molecule has 0 radical (unpaired) electrons. The van der Waals surface area contributed by atoms with E-state index in [0.29, 0.717) is 11.3 Å². The molecule has 2 nitrogen and oxygen atoms in total. The zero-order valence-corrected chi connectivity index (χ0v) is 12.0. The standard InChI is InChI=1S/C15H13F3O2S/c1-21-14-7-5-12(6-8-14)19-10-11-3-2-4-13(9-11)20-15(16,17)18/h2-9H,10H2,1H3. The van der Waals surface area contributed by atoms with Crippen LogP contribution < -0.4 is 9.47 Å². The third-order valence-electron chi connectivity index (χ3n) is 2.60. The van der Waals surface area contributed by atoms with E-state index < -0.39 is 6.36 Å². The summed E-state index contributed by atoms with van der Waals surface area (Å²) < 4.78 is 45.8. The van der Waals surface area contributed by atoms with Gasteiger partial charge in [0.15, 0.2) is 0 Å². The Morgan fingerprint density at radius 3 is 2.33 bits per heavy atom. The van der Waals surface area contributed by atoms with Gasteiger partial charge in [-0.15, -0.1) is 24.9 Å². The van der Waals surface area contributed by atoms with E-state index in [4.69, 9.17) is 4.74 Å². The van der Waals surface area contributed by atoms with Gasteiger partial charge in [0.05, 0.1) is 0 Å². The highest BCUT2D eigenvalue weighted by atomic mass is 32.2. The molecule has 0 unspecified atom stereocenters. The first-order valence-corrected chi connectivity index (χ1v) is 7.30. The van der Waals surface area contributed by atoms with Crippen LogP contribution in [0, 0.1) is 0 Å². The Kier molecular flexibility index (Phi) is 5.01. The molecule has 0 amide bonds. The summed E-state index contributed by atoms with van der Waals surface area (Å²) in [5.41, 5.74) is 0.602. The summed E-state index contributed by atoms with van der Waals surface area (Å²) in [5, 5.41) is 0. The predicted molar refractivity (Wildman–Crippen MR) is 75.7 cm³/mol. The molecule has 0 aromatic heterocycles. The predicted octanol–water partition coefficient (Wildman–Crippen LogP) is 4.89. The molecule has 0 N–H and O–H groups in total. The van der Waals surface area contributed by atoms with Gasteiger partial charge in [0.25, 0.3) is 0 Å². The van der Waals surface area contributed by atoms with Crippen LogP contribution in [0.3, 0.4) is 0 Å². The number of hydrogen-bond donors (Lipinski definition) is 0. The Hall–Kier alpha value is -1.82. The molecule has 0 aliphatic heterocycles. The highest BCUT2D eigenvalue weighted by Crippen LogP contribution is 2.24. The first kappa shape index (κ1) is 15.6. The molecule has 0 saturated heterocycles. The molecule has 112 valence electrons. The lowest BCUT2D eigenvalue weighted by Gasteiger charge is -2.11. The molecule has 0 heterocycles. The van der Waals surface area contributed by atoms with E-state index in [1.807, 2.05) is 30.5 Å². The van der Waals surface area contributed by atoms with Crippen molar-refractivity contribution in [3.05, 3.63) is 54.1 Å². The minimum atomic E-state index is -4.69. The number of benzene rings is 2. The van der Waals surface area contributed by atoms with Crippen molar-refractivity contribution in [2.45, 2.75) is 17.9 Å². The maximum atomic E-state index is 12.1. The van der Waals surface area contributed by atoms with Crippen molar-refractivity contribution < 1.29 is 22.6 Å². The quantitative estimate of drug-likeness (QED) is 0.732. The average Bonchev–Trinajstić information content (AvgIpc) is 2.44. The van der Waals surface area contributed by atoms with Crippen molar-refractivity contribution >= 4 is 11.8 Å². The van der Waals surface area contributed by atoms with E-state index in [1.165, 1.54) is 18.2 Å². The summed E-state index contributed by atoms with van der Waals surface area (Å²) in [6.45, 7) is 0.174. The van der Waals surface area contributed by atoms with E-state index >= 15 is 0 Å². The van der Waals surface area contributed by atoms with E-state index in [0.717, 1.165) is 4.90 Å². The molecule has 0 saturated carbocycles. The van der Waals surface area contributed by atoms with E-state index in [9.17, 15) is 13.2 Å². The molecule has 2 rings (SSSR count). The molecule has 0 aliphatic carbocycles. The molecule has 0 atom stereocenters. The molecule has 2 aromatic carbocycles. The van der Waals surface area contributed by atoms with Crippen LogP contribution in [-0.2, 0) is 6.61 Å². The molecular formula is C15H13F3O2S. The first-order valence-electron chi connectivity index (χ1n) is 6.08. The lowest BCUT2D eigenvalue weighted by molar-refractivity contribution is -0.274. The fourth-order valence-electron chi connectivity index (χ4n) is 1.67. The molecule has 0 aliphatic rings. The molecule has 21 heavy (non-hydrogen) atoms. The zero-order valence-electron chi connectivity index (χ0n) is 11.2. The van der Waals surface area contributed by atoms with Gasteiger partial charge in [-0.25, -0.2) is 0 Å². The number of halogens is 3. The summed E-state index contributed by atoms with van der Waals surface area (Å²) in [7, 11) is 0. The van der Waals surface area contributed by atoms with Gasteiger partial charge in [-0.2, -0.15) is 0 Å². The second-order valence-corrected chi connectivity index (χ2v) is 5.04. The maximum Gasteiger partial charge on any atom is 0.573 e. The Bertz CT molecular complexity index is 582. The first-order chi connectivity index (χ1) is 9.96. The summed E-state index contributed by atoms with van der Waals surface area (Å²) in [6, 6.07) is 13.2. The minimum Gasteiger partial charge on any atom is -0.489 e. The van der Waals surface area contributed by atoms with Crippen LogP contribution in [0.4, 0.5) is 13.2 Å². The number of thioether (sulfide) groups is 1. The maximum absolute atomic E-state index is 12.1. The lowest BCUT2D eigenvalue weighted by atomic mass is 10.2. The monoisotopic (exact) mass is 314 g/mol. The van der Waals surface area contributed by atoms with Crippen molar-refractivity contribution in [3.63, 3.8) is 0 Å². The highest BCUT2D eigenvalue weighted by molar-refractivity contribution is 7.98. The van der Waals surface area contributed by atoms with Crippen LogP contribution in [0.15, 0.2) is 53.4 Å². The number of alkyl halides is 3. The topological polar surface area (TPSA) is 18.5 Å². The number of rotatable bonds is 5. The van der Waals surface area contributed by atoms with Crippen molar-refractivity contribution in [3.8, 4) is 11.5 Å². The second-order valence-electron chi connectivity index (χ2n) is 4.16.